The summed E-state index contributed by atoms with van der Waals surface area (Å²) in [7, 11) is 0. The smallest absolute Gasteiger partial charge is 0.379 e. The number of alkyl halides is 3. The molecule has 1 aromatic carbocycles. The van der Waals surface area contributed by atoms with E-state index in [1.807, 2.05) is 4.57 Å². The summed E-state index contributed by atoms with van der Waals surface area (Å²) in [4.78, 5) is 21.8. The van der Waals surface area contributed by atoms with Crippen molar-refractivity contribution in [3.05, 3.63) is 41.7 Å². The Kier molecular flexibility index (Phi) is 9.54. The van der Waals surface area contributed by atoms with Crippen molar-refractivity contribution in [2.75, 3.05) is 62.7 Å². The number of nitrogens with one attached hydrogen (secondary N) is 1. The van der Waals surface area contributed by atoms with Gasteiger partial charge in [0.25, 0.3) is 0 Å². The molecule has 0 atom stereocenters. The molecule has 4 heterocycles. The highest BCUT2D eigenvalue weighted by Crippen LogP contribution is 2.30. The third-order valence-corrected chi connectivity index (χ3v) is 8.38. The lowest BCUT2D eigenvalue weighted by atomic mass is 10.0. The summed E-state index contributed by atoms with van der Waals surface area (Å²) in [6.07, 6.45) is -0.594. The van der Waals surface area contributed by atoms with E-state index in [4.69, 9.17) is 14.7 Å². The van der Waals surface area contributed by atoms with Crippen LogP contribution in [0.2, 0.25) is 0 Å². The van der Waals surface area contributed by atoms with E-state index < -0.39 is 11.7 Å². The molecule has 1 N–H and O–H groups in total. The first kappa shape index (κ1) is 30.5. The topological polar surface area (TPSA) is 74.6 Å². The van der Waals surface area contributed by atoms with Crippen LogP contribution in [0, 0.1) is 0 Å². The Bertz CT molecular complexity index is 1290. The van der Waals surface area contributed by atoms with Crippen molar-refractivity contribution in [1.82, 2.24) is 29.3 Å². The van der Waals surface area contributed by atoms with E-state index in [1.165, 1.54) is 12.1 Å². The molecule has 0 unspecified atom stereocenters. The van der Waals surface area contributed by atoms with Gasteiger partial charge in [-0.1, -0.05) is 12.1 Å². The maximum Gasteiger partial charge on any atom is 0.416 e. The van der Waals surface area contributed by atoms with Gasteiger partial charge >= 0.3 is 6.18 Å². The Hall–Kier alpha value is -2.96. The van der Waals surface area contributed by atoms with Crippen LogP contribution in [0.3, 0.4) is 0 Å². The SMILES string of the molecule is CC(C)N(CCNc1nc(N2CCC(N3CCOCC3)CC2)nc2c1ncn2Cc1ccc(C(F)(F)F)cc1)C(C)C. The van der Waals surface area contributed by atoms with Gasteiger partial charge in [0.2, 0.25) is 5.95 Å². The summed E-state index contributed by atoms with van der Waals surface area (Å²) in [5.74, 6) is 1.34. The second-order valence-electron chi connectivity index (χ2n) is 11.8. The Balaban J connectivity index is 1.38. The number of nitrogens with zero attached hydrogens (tertiary/aromatic N) is 7. The number of piperidine rings is 1. The van der Waals surface area contributed by atoms with Crippen molar-refractivity contribution in [2.45, 2.75) is 71.4 Å². The van der Waals surface area contributed by atoms with Gasteiger partial charge < -0.3 is 19.5 Å². The molecule has 3 aromatic rings. The van der Waals surface area contributed by atoms with E-state index in [2.05, 4.69) is 52.7 Å². The van der Waals surface area contributed by atoms with E-state index >= 15 is 0 Å². The number of aromatic nitrogens is 4. The molecule has 0 aliphatic carbocycles. The van der Waals surface area contributed by atoms with Crippen LogP contribution >= 0.6 is 0 Å². The molecule has 2 saturated heterocycles. The number of benzene rings is 1. The van der Waals surface area contributed by atoms with Crippen LogP contribution < -0.4 is 10.2 Å². The van der Waals surface area contributed by atoms with Crippen LogP contribution in [0.5, 0.6) is 0 Å². The minimum Gasteiger partial charge on any atom is -0.379 e. The fourth-order valence-corrected chi connectivity index (χ4v) is 6.10. The minimum absolute atomic E-state index is 0.359. The van der Waals surface area contributed by atoms with E-state index in [0.717, 1.165) is 76.5 Å². The van der Waals surface area contributed by atoms with E-state index in [-0.39, 0.29) is 0 Å². The average molecular weight is 589 g/mol. The van der Waals surface area contributed by atoms with Gasteiger partial charge in [-0.3, -0.25) is 9.80 Å². The Morgan fingerprint density at radius 3 is 2.26 bits per heavy atom. The van der Waals surface area contributed by atoms with Crippen molar-refractivity contribution >= 4 is 22.9 Å². The molecule has 230 valence electrons. The second-order valence-corrected chi connectivity index (χ2v) is 11.8. The van der Waals surface area contributed by atoms with Gasteiger partial charge in [-0.15, -0.1) is 0 Å². The lowest BCUT2D eigenvalue weighted by Gasteiger charge is -2.40. The quantitative estimate of drug-likeness (QED) is 0.365. The van der Waals surface area contributed by atoms with Crippen molar-refractivity contribution in [3.8, 4) is 0 Å². The third kappa shape index (κ3) is 7.15. The molecule has 12 heteroatoms. The van der Waals surface area contributed by atoms with Gasteiger partial charge in [-0.2, -0.15) is 23.1 Å². The molecule has 2 aliphatic heterocycles. The number of imidazole rings is 1. The number of anilines is 2. The number of hydrogen-bond donors (Lipinski definition) is 1. The second kappa shape index (κ2) is 13.1. The standard InChI is InChI=1S/C30H43F3N8O/c1-21(2)41(22(3)4)14-11-34-27-26-28(40(20-35-26)19-23-5-7-24(8-6-23)30(31,32)33)37-29(36-27)39-12-9-25(10-13-39)38-15-17-42-18-16-38/h5-8,20-22,25H,9-19H2,1-4H3,(H,34,36,37). The first-order chi connectivity index (χ1) is 20.1. The summed E-state index contributed by atoms with van der Waals surface area (Å²) in [5.41, 5.74) is 1.42. The molecule has 0 spiro atoms. The Morgan fingerprint density at radius 1 is 0.976 bits per heavy atom. The normalized spacial score (nSPS) is 17.7. The molecule has 2 aromatic heterocycles. The number of rotatable bonds is 10. The van der Waals surface area contributed by atoms with Gasteiger partial charge in [-0.25, -0.2) is 4.98 Å². The third-order valence-electron chi connectivity index (χ3n) is 8.38. The maximum atomic E-state index is 13.1. The number of halogens is 3. The van der Waals surface area contributed by atoms with Crippen molar-refractivity contribution in [1.29, 1.82) is 0 Å². The molecule has 42 heavy (non-hydrogen) atoms. The van der Waals surface area contributed by atoms with Crippen LogP contribution in [0.4, 0.5) is 24.9 Å². The molecule has 5 rings (SSSR count). The highest BCUT2D eigenvalue weighted by molar-refractivity contribution is 5.84. The monoisotopic (exact) mass is 588 g/mol. The van der Waals surface area contributed by atoms with E-state index in [9.17, 15) is 13.2 Å². The molecular formula is C30H43F3N8O. The highest BCUT2D eigenvalue weighted by Gasteiger charge is 2.30. The fraction of sp³-hybridized carbons (Fsp3) is 0.633. The van der Waals surface area contributed by atoms with E-state index in [1.54, 1.807) is 6.33 Å². The van der Waals surface area contributed by atoms with Crippen LogP contribution in [-0.2, 0) is 17.5 Å². The summed E-state index contributed by atoms with van der Waals surface area (Å²) < 4.78 is 46.7. The summed E-state index contributed by atoms with van der Waals surface area (Å²) in [6, 6.07) is 6.64. The molecule has 0 saturated carbocycles. The first-order valence-corrected chi connectivity index (χ1v) is 15.1. The maximum absolute atomic E-state index is 13.1. The average Bonchev–Trinajstić information content (AvgIpc) is 3.37. The summed E-state index contributed by atoms with van der Waals surface area (Å²) >= 11 is 0. The molecule has 2 aliphatic rings. The summed E-state index contributed by atoms with van der Waals surface area (Å²) in [6.45, 7) is 16.0. The molecule has 9 nitrogen and oxygen atoms in total. The van der Waals surface area contributed by atoms with Gasteiger partial charge in [0, 0.05) is 57.4 Å². The predicted octanol–water partition coefficient (Wildman–Crippen LogP) is 4.73. The van der Waals surface area contributed by atoms with Gasteiger partial charge in [0.1, 0.15) is 0 Å². The summed E-state index contributed by atoms with van der Waals surface area (Å²) in [5, 5.41) is 3.53. The minimum atomic E-state index is -4.36. The van der Waals surface area contributed by atoms with E-state index in [0.29, 0.717) is 54.1 Å². The Labute approximate surface area is 246 Å². The zero-order chi connectivity index (χ0) is 29.9. The van der Waals surface area contributed by atoms with Crippen LogP contribution in [-0.4, -0.2) is 99.9 Å². The molecule has 0 amide bonds. The van der Waals surface area contributed by atoms with Crippen LogP contribution in [0.1, 0.15) is 51.7 Å². The van der Waals surface area contributed by atoms with Gasteiger partial charge in [0.15, 0.2) is 17.0 Å². The number of fused-ring (bicyclic) bond motifs is 1. The lowest BCUT2D eigenvalue weighted by molar-refractivity contribution is -0.137. The molecular weight excluding hydrogens is 545 g/mol. The predicted molar refractivity (Wildman–Crippen MR) is 159 cm³/mol. The number of hydrogen-bond acceptors (Lipinski definition) is 8. The molecule has 2 fully saturated rings. The number of morpholine rings is 1. The number of ether oxygens (including phenoxy) is 1. The zero-order valence-electron chi connectivity index (χ0n) is 25.1. The van der Waals surface area contributed by atoms with Crippen molar-refractivity contribution < 1.29 is 17.9 Å². The first-order valence-electron chi connectivity index (χ1n) is 15.1. The fourth-order valence-electron chi connectivity index (χ4n) is 6.10. The highest BCUT2D eigenvalue weighted by atomic mass is 19.4. The van der Waals surface area contributed by atoms with Crippen LogP contribution in [0.15, 0.2) is 30.6 Å². The Morgan fingerprint density at radius 2 is 1.64 bits per heavy atom. The largest absolute Gasteiger partial charge is 0.416 e. The van der Waals surface area contributed by atoms with Crippen molar-refractivity contribution in [3.63, 3.8) is 0 Å². The van der Waals surface area contributed by atoms with Crippen LogP contribution in [0.25, 0.3) is 11.2 Å². The van der Waals surface area contributed by atoms with Crippen molar-refractivity contribution in [2.24, 2.45) is 0 Å². The van der Waals surface area contributed by atoms with Gasteiger partial charge in [-0.05, 0) is 58.2 Å². The lowest BCUT2D eigenvalue weighted by Crippen LogP contribution is -2.49. The van der Waals surface area contributed by atoms with Gasteiger partial charge in [0.05, 0.1) is 31.6 Å². The molecule has 0 radical (unpaired) electrons. The molecule has 0 bridgehead atoms. The zero-order valence-corrected chi connectivity index (χ0v) is 25.1.